The van der Waals surface area contributed by atoms with Gasteiger partial charge in [-0.05, 0) is 121 Å². The van der Waals surface area contributed by atoms with E-state index >= 15 is 0 Å². The summed E-state index contributed by atoms with van der Waals surface area (Å²) in [4.78, 5) is 0. The Labute approximate surface area is 306 Å². The van der Waals surface area contributed by atoms with Crippen LogP contribution in [-0.4, -0.2) is 7.38 Å². The molecule has 0 aliphatic rings. The normalized spacial score (nSPS) is 11.6. The number of benzene rings is 6. The molecule has 0 fully saturated rings. The molecule has 0 unspecified atom stereocenters. The lowest BCUT2D eigenvalue weighted by molar-refractivity contribution is 1.09. The fourth-order valence-electron chi connectivity index (χ4n) is 7.25. The molecule has 6 rings (SSSR count). The summed E-state index contributed by atoms with van der Waals surface area (Å²) in [5, 5.41) is 3.62. The van der Waals surface area contributed by atoms with Gasteiger partial charge in [-0.1, -0.05) is 169 Å². The fourth-order valence-corrected chi connectivity index (χ4v) is 11.4. The van der Waals surface area contributed by atoms with E-state index in [2.05, 4.69) is 169 Å². The van der Waals surface area contributed by atoms with Crippen LogP contribution in [0.1, 0.15) is 74.9 Å². The number of halogens is 1. The van der Waals surface area contributed by atoms with Crippen LogP contribution < -0.4 is 15.6 Å². The molecule has 6 aromatic carbocycles. The van der Waals surface area contributed by atoms with Gasteiger partial charge in [0.2, 0.25) is 7.38 Å². The molecule has 0 atom stereocenters. The van der Waals surface area contributed by atoms with Crippen LogP contribution in [0.2, 0.25) is 0 Å². The van der Waals surface area contributed by atoms with Crippen LogP contribution in [0.4, 0.5) is 0 Å². The maximum absolute atomic E-state index is 8.38. The molecule has 0 saturated heterocycles. The van der Waals surface area contributed by atoms with E-state index in [-0.39, 0.29) is 0 Å². The summed E-state index contributed by atoms with van der Waals surface area (Å²) in [6.07, 6.45) is 6.12. The fraction of sp³-hybridized carbons (Fsp3) is 0.250. The van der Waals surface area contributed by atoms with Crippen LogP contribution in [0, 0.1) is 0 Å². The zero-order valence-corrected chi connectivity index (χ0v) is 32.5. The summed E-state index contributed by atoms with van der Waals surface area (Å²) in [6.45, 7) is 13.4. The zero-order valence-electron chi connectivity index (χ0n) is 30.7. The van der Waals surface area contributed by atoms with Gasteiger partial charge in [0.15, 0.2) is 0 Å². The van der Waals surface area contributed by atoms with Crippen molar-refractivity contribution >= 4 is 34.0 Å². The average Bonchev–Trinajstić information content (AvgIpc) is 3.19. The maximum atomic E-state index is 8.38. The molecule has 0 bridgehead atoms. The van der Waals surface area contributed by atoms with E-state index < -0.39 is 7.38 Å². The van der Waals surface area contributed by atoms with Crippen molar-refractivity contribution in [1.29, 1.82) is 0 Å². The topological polar surface area (TPSA) is 0 Å². The van der Waals surface area contributed by atoms with Gasteiger partial charge in [0.1, 0.15) is 0 Å². The molecule has 0 heterocycles. The lowest BCUT2D eigenvalue weighted by Gasteiger charge is -2.28. The first-order valence-corrected chi connectivity index (χ1v) is 21.7. The van der Waals surface area contributed by atoms with E-state index in [1.165, 1.54) is 82.3 Å². The van der Waals surface area contributed by atoms with Crippen molar-refractivity contribution in [3.63, 3.8) is 0 Å². The quantitative estimate of drug-likeness (QED) is 0.0681. The van der Waals surface area contributed by atoms with Gasteiger partial charge in [-0.2, -0.15) is 0 Å². The SMILES string of the molecule is CCc1cc(CC)cc(-c2cccc([Si](Cl)(c3cccc(-c4cc(CC)cc(CC)c4)c3)c3cccc(-c4cc(CC)cc(CC)c4)c3)c2)c1. The predicted octanol–water partition coefficient (Wildman–Crippen LogP) is 11.3. The Hall–Kier alpha value is -4.17. The lowest BCUT2D eigenvalue weighted by Crippen LogP contribution is -2.63. The standard InChI is InChI=1S/C48H51ClSi/c1-7-34-22-35(8-2)26-43(25-34)40-16-13-19-46(31-40)50(49,47-20-14-17-41(32-47)44-27-36(9-3)23-37(10-4)28-44)48-21-15-18-42(33-48)45-29-38(11-5)24-39(12-6)30-45/h13-33H,7-12H2,1-6H3. The molecule has 0 saturated carbocycles. The third kappa shape index (κ3) is 7.46. The third-order valence-electron chi connectivity index (χ3n) is 10.4. The van der Waals surface area contributed by atoms with E-state index in [4.69, 9.17) is 11.1 Å². The molecule has 2 heteroatoms. The molecule has 254 valence electrons. The summed E-state index contributed by atoms with van der Waals surface area (Å²) in [7, 11) is -3.03. The minimum Gasteiger partial charge on any atom is -0.149 e. The van der Waals surface area contributed by atoms with Crippen molar-refractivity contribution in [2.45, 2.75) is 80.1 Å². The summed E-state index contributed by atoms with van der Waals surface area (Å²) < 4.78 is 0. The molecular formula is C48H51ClSi. The van der Waals surface area contributed by atoms with Gasteiger partial charge < -0.3 is 0 Å². The molecule has 6 aromatic rings. The second kappa shape index (κ2) is 15.8. The van der Waals surface area contributed by atoms with Crippen molar-refractivity contribution < 1.29 is 0 Å². The Kier molecular flexibility index (Phi) is 11.3. The third-order valence-corrected chi connectivity index (χ3v) is 15.7. The minimum absolute atomic E-state index is 1.02. The molecule has 0 aliphatic heterocycles. The number of aryl methyl sites for hydroxylation is 6. The van der Waals surface area contributed by atoms with Crippen molar-refractivity contribution in [2.75, 3.05) is 0 Å². The van der Waals surface area contributed by atoms with E-state index in [0.717, 1.165) is 38.5 Å². The first kappa shape index (κ1) is 35.6. The van der Waals surface area contributed by atoms with Crippen LogP contribution in [0.5, 0.6) is 0 Å². The highest BCUT2D eigenvalue weighted by atomic mass is 35.6. The Balaban J connectivity index is 1.57. The molecule has 0 radical (unpaired) electrons. The molecular weight excluding hydrogens is 640 g/mol. The van der Waals surface area contributed by atoms with E-state index in [9.17, 15) is 0 Å². The van der Waals surface area contributed by atoms with Crippen molar-refractivity contribution in [2.24, 2.45) is 0 Å². The number of rotatable bonds is 12. The summed E-state index contributed by atoms with van der Waals surface area (Å²) in [5.74, 6) is 0. The molecule has 0 nitrogen and oxygen atoms in total. The van der Waals surface area contributed by atoms with Crippen molar-refractivity contribution in [3.8, 4) is 33.4 Å². The number of hydrogen-bond donors (Lipinski definition) is 0. The Morgan fingerprint density at radius 1 is 0.320 bits per heavy atom. The highest BCUT2D eigenvalue weighted by molar-refractivity contribution is 7.40. The molecule has 50 heavy (non-hydrogen) atoms. The smallest absolute Gasteiger partial charge is 0.149 e. The first-order chi connectivity index (χ1) is 24.3. The van der Waals surface area contributed by atoms with Gasteiger partial charge in [-0.15, -0.1) is 11.1 Å². The van der Waals surface area contributed by atoms with Gasteiger partial charge in [0, 0.05) is 0 Å². The van der Waals surface area contributed by atoms with Crippen molar-refractivity contribution in [1.82, 2.24) is 0 Å². The van der Waals surface area contributed by atoms with Crippen LogP contribution >= 0.6 is 11.1 Å². The van der Waals surface area contributed by atoms with Crippen LogP contribution in [0.3, 0.4) is 0 Å². The van der Waals surface area contributed by atoms with Crippen LogP contribution in [0.15, 0.2) is 127 Å². The Bertz CT molecular complexity index is 1800. The summed E-state index contributed by atoms with van der Waals surface area (Å²) in [6, 6.07) is 48.5. The van der Waals surface area contributed by atoms with Gasteiger partial charge in [0.05, 0.1) is 0 Å². The molecule has 0 aliphatic carbocycles. The highest BCUT2D eigenvalue weighted by Gasteiger charge is 2.38. The minimum atomic E-state index is -3.03. The summed E-state index contributed by atoms with van der Waals surface area (Å²) >= 11 is 8.38. The molecule has 0 amide bonds. The Morgan fingerprint density at radius 3 is 0.780 bits per heavy atom. The van der Waals surface area contributed by atoms with Gasteiger partial charge in [-0.25, -0.2) is 0 Å². The average molecular weight is 691 g/mol. The largest absolute Gasteiger partial charge is 0.248 e. The molecule has 0 spiro atoms. The maximum Gasteiger partial charge on any atom is 0.248 e. The van der Waals surface area contributed by atoms with E-state index in [1.807, 2.05) is 0 Å². The lowest BCUT2D eigenvalue weighted by atomic mass is 9.97. The van der Waals surface area contributed by atoms with Crippen molar-refractivity contribution in [3.05, 3.63) is 161 Å². The first-order valence-electron chi connectivity index (χ1n) is 18.7. The number of hydrogen-bond acceptors (Lipinski definition) is 0. The second-order valence-electron chi connectivity index (χ2n) is 13.6. The second-order valence-corrected chi connectivity index (χ2v) is 18.4. The van der Waals surface area contributed by atoms with Gasteiger partial charge >= 0.3 is 0 Å². The monoisotopic (exact) mass is 690 g/mol. The Morgan fingerprint density at radius 2 is 0.560 bits per heavy atom. The van der Waals surface area contributed by atoms with E-state index in [1.54, 1.807) is 0 Å². The zero-order chi connectivity index (χ0) is 35.3. The van der Waals surface area contributed by atoms with Gasteiger partial charge in [-0.3, -0.25) is 0 Å². The van der Waals surface area contributed by atoms with Crippen LogP contribution in [-0.2, 0) is 38.5 Å². The van der Waals surface area contributed by atoms with Crippen LogP contribution in [0.25, 0.3) is 33.4 Å². The molecule has 0 N–H and O–H groups in total. The van der Waals surface area contributed by atoms with Gasteiger partial charge in [0.25, 0.3) is 0 Å². The molecule has 0 aromatic heterocycles. The predicted molar refractivity (Wildman–Crippen MR) is 222 cm³/mol. The highest BCUT2D eigenvalue weighted by Crippen LogP contribution is 2.28. The van der Waals surface area contributed by atoms with E-state index in [0.29, 0.717) is 0 Å². The summed E-state index contributed by atoms with van der Waals surface area (Å²) in [5.41, 5.74) is 15.7.